The van der Waals surface area contributed by atoms with Gasteiger partial charge in [-0.05, 0) is 12.1 Å². The lowest BCUT2D eigenvalue weighted by Crippen LogP contribution is -2.37. The molecule has 0 spiro atoms. The summed E-state index contributed by atoms with van der Waals surface area (Å²) in [6, 6.07) is 4.16. The van der Waals surface area contributed by atoms with Gasteiger partial charge in [-0.2, -0.15) is 13.2 Å². The van der Waals surface area contributed by atoms with E-state index in [9.17, 15) is 22.8 Å². The highest BCUT2D eigenvalue weighted by Crippen LogP contribution is 2.13. The van der Waals surface area contributed by atoms with E-state index in [0.29, 0.717) is 0 Å². The van der Waals surface area contributed by atoms with Crippen LogP contribution >= 0.6 is 0 Å². The minimum Gasteiger partial charge on any atom is -0.477 e. The van der Waals surface area contributed by atoms with E-state index in [-0.39, 0.29) is 24.4 Å². The summed E-state index contributed by atoms with van der Waals surface area (Å²) in [4.78, 5) is 24.8. The standard InChI is InChI=1S/C10H9F3N2O3/c11-10(12,13)9(18)14-5-4-6-2-1-3-7(15-6)8(16)17/h1-3H,4-5H2,(H,14,18)(H,16,17). The van der Waals surface area contributed by atoms with Crippen molar-refractivity contribution in [2.75, 3.05) is 6.54 Å². The molecule has 2 N–H and O–H groups in total. The lowest BCUT2D eigenvalue weighted by molar-refractivity contribution is -0.173. The first-order valence-electron chi connectivity index (χ1n) is 4.85. The maximum atomic E-state index is 11.8. The minimum absolute atomic E-state index is 0.0168. The number of aromatic carboxylic acids is 1. The van der Waals surface area contributed by atoms with Gasteiger partial charge < -0.3 is 10.4 Å². The molecule has 1 rings (SSSR count). The van der Waals surface area contributed by atoms with Crippen molar-refractivity contribution in [1.82, 2.24) is 10.3 Å². The van der Waals surface area contributed by atoms with Gasteiger partial charge in [-0.1, -0.05) is 6.07 Å². The third-order valence-electron chi connectivity index (χ3n) is 1.95. The third-order valence-corrected chi connectivity index (χ3v) is 1.95. The van der Waals surface area contributed by atoms with Crippen molar-refractivity contribution in [2.24, 2.45) is 0 Å². The summed E-state index contributed by atoms with van der Waals surface area (Å²) in [7, 11) is 0. The van der Waals surface area contributed by atoms with E-state index in [0.717, 1.165) is 0 Å². The maximum Gasteiger partial charge on any atom is 0.471 e. The summed E-state index contributed by atoms with van der Waals surface area (Å²) in [5, 5.41) is 10.3. The normalized spacial score (nSPS) is 11.1. The number of rotatable bonds is 4. The lowest BCUT2D eigenvalue weighted by atomic mass is 10.2. The Morgan fingerprint density at radius 3 is 2.56 bits per heavy atom. The molecule has 0 aliphatic carbocycles. The highest BCUT2D eigenvalue weighted by Gasteiger charge is 2.38. The van der Waals surface area contributed by atoms with Crippen molar-refractivity contribution in [3.8, 4) is 0 Å². The molecule has 1 heterocycles. The number of amides is 1. The fourth-order valence-electron chi connectivity index (χ4n) is 1.14. The second-order valence-corrected chi connectivity index (χ2v) is 3.32. The molecule has 8 heteroatoms. The second-order valence-electron chi connectivity index (χ2n) is 3.32. The van der Waals surface area contributed by atoms with Gasteiger partial charge in [0.1, 0.15) is 5.69 Å². The Balaban J connectivity index is 2.52. The first-order valence-corrected chi connectivity index (χ1v) is 4.85. The van der Waals surface area contributed by atoms with Gasteiger partial charge in [-0.3, -0.25) is 4.79 Å². The molecule has 0 aliphatic heterocycles. The number of pyridine rings is 1. The Bertz CT molecular complexity index is 460. The molecule has 1 aromatic heterocycles. The average Bonchev–Trinajstić information content (AvgIpc) is 2.28. The molecule has 0 saturated heterocycles. The van der Waals surface area contributed by atoms with E-state index >= 15 is 0 Å². The van der Waals surface area contributed by atoms with Gasteiger partial charge in [0, 0.05) is 18.7 Å². The van der Waals surface area contributed by atoms with Crippen LogP contribution in [0.4, 0.5) is 13.2 Å². The number of hydrogen-bond donors (Lipinski definition) is 2. The largest absolute Gasteiger partial charge is 0.477 e. The molecule has 18 heavy (non-hydrogen) atoms. The SMILES string of the molecule is O=C(O)c1cccc(CCNC(=O)C(F)(F)F)n1. The van der Waals surface area contributed by atoms with E-state index < -0.39 is 18.1 Å². The summed E-state index contributed by atoms with van der Waals surface area (Å²) in [6.07, 6.45) is -4.90. The van der Waals surface area contributed by atoms with E-state index in [1.807, 2.05) is 0 Å². The molecule has 0 aromatic carbocycles. The molecule has 0 aliphatic rings. The molecule has 5 nitrogen and oxygen atoms in total. The summed E-state index contributed by atoms with van der Waals surface area (Å²) in [5.41, 5.74) is 0.0898. The number of halogens is 3. The molecular weight excluding hydrogens is 253 g/mol. The third kappa shape index (κ3) is 4.04. The van der Waals surface area contributed by atoms with E-state index in [2.05, 4.69) is 4.98 Å². The summed E-state index contributed by atoms with van der Waals surface area (Å²) < 4.78 is 35.5. The first-order chi connectivity index (χ1) is 8.30. The number of nitrogens with zero attached hydrogens (tertiary/aromatic N) is 1. The van der Waals surface area contributed by atoms with Crippen LogP contribution in [0.5, 0.6) is 0 Å². The van der Waals surface area contributed by atoms with E-state index in [4.69, 9.17) is 5.11 Å². The number of nitrogens with one attached hydrogen (secondary N) is 1. The monoisotopic (exact) mass is 262 g/mol. The molecule has 0 unspecified atom stereocenters. The topological polar surface area (TPSA) is 79.3 Å². The minimum atomic E-state index is -4.92. The lowest BCUT2D eigenvalue weighted by Gasteiger charge is -2.07. The van der Waals surface area contributed by atoms with Crippen LogP contribution in [0.1, 0.15) is 16.2 Å². The molecule has 1 aromatic rings. The fourth-order valence-corrected chi connectivity index (χ4v) is 1.14. The Labute approximate surface area is 99.6 Å². The van der Waals surface area contributed by atoms with Crippen molar-refractivity contribution in [3.05, 3.63) is 29.6 Å². The van der Waals surface area contributed by atoms with Gasteiger partial charge in [0.05, 0.1) is 0 Å². The average molecular weight is 262 g/mol. The van der Waals surface area contributed by atoms with Crippen LogP contribution in [0, 0.1) is 0 Å². The molecule has 0 saturated carbocycles. The highest BCUT2D eigenvalue weighted by atomic mass is 19.4. The van der Waals surface area contributed by atoms with Crippen LogP contribution in [-0.4, -0.2) is 34.7 Å². The Hall–Kier alpha value is -2.12. The van der Waals surface area contributed by atoms with Crippen molar-refractivity contribution >= 4 is 11.9 Å². The molecule has 0 fully saturated rings. The Morgan fingerprint density at radius 2 is 2.00 bits per heavy atom. The van der Waals surface area contributed by atoms with Crippen LogP contribution < -0.4 is 5.32 Å². The molecular formula is C10H9F3N2O3. The highest BCUT2D eigenvalue weighted by molar-refractivity contribution is 5.85. The number of alkyl halides is 3. The van der Waals surface area contributed by atoms with Crippen molar-refractivity contribution in [3.63, 3.8) is 0 Å². The van der Waals surface area contributed by atoms with Crippen molar-refractivity contribution < 1.29 is 27.9 Å². The molecule has 0 atom stereocenters. The van der Waals surface area contributed by atoms with Crippen molar-refractivity contribution in [1.29, 1.82) is 0 Å². The summed E-state index contributed by atoms with van der Waals surface area (Å²) in [6.45, 7) is -0.269. The molecule has 0 radical (unpaired) electrons. The van der Waals surface area contributed by atoms with E-state index in [1.165, 1.54) is 18.2 Å². The maximum absolute atomic E-state index is 11.8. The number of carbonyl (C=O) groups excluding carboxylic acids is 1. The number of carboxylic acids is 1. The second kappa shape index (κ2) is 5.48. The molecule has 1 amide bonds. The zero-order valence-corrected chi connectivity index (χ0v) is 8.99. The predicted molar refractivity (Wildman–Crippen MR) is 54.0 cm³/mol. The summed E-state index contributed by atoms with van der Waals surface area (Å²) in [5.74, 6) is -3.26. The Kier molecular flexibility index (Phi) is 4.24. The van der Waals surface area contributed by atoms with Gasteiger partial charge in [0.2, 0.25) is 0 Å². The van der Waals surface area contributed by atoms with Gasteiger partial charge in [0.25, 0.3) is 0 Å². The number of carboxylic acid groups (broad SMARTS) is 1. The zero-order chi connectivity index (χ0) is 13.8. The number of hydrogen-bond acceptors (Lipinski definition) is 3. The Morgan fingerprint density at radius 1 is 1.33 bits per heavy atom. The van der Waals surface area contributed by atoms with Crippen LogP contribution in [0.2, 0.25) is 0 Å². The molecule has 98 valence electrons. The zero-order valence-electron chi connectivity index (χ0n) is 8.99. The molecule has 0 bridgehead atoms. The van der Waals surface area contributed by atoms with Gasteiger partial charge in [-0.25, -0.2) is 9.78 Å². The number of aromatic nitrogens is 1. The van der Waals surface area contributed by atoms with Crippen LogP contribution in [-0.2, 0) is 11.2 Å². The van der Waals surface area contributed by atoms with Gasteiger partial charge >= 0.3 is 18.1 Å². The van der Waals surface area contributed by atoms with Gasteiger partial charge in [0.15, 0.2) is 0 Å². The fraction of sp³-hybridized carbons (Fsp3) is 0.300. The van der Waals surface area contributed by atoms with E-state index in [1.54, 1.807) is 5.32 Å². The van der Waals surface area contributed by atoms with Crippen LogP contribution in [0.25, 0.3) is 0 Å². The van der Waals surface area contributed by atoms with Gasteiger partial charge in [-0.15, -0.1) is 0 Å². The van der Waals surface area contributed by atoms with Crippen LogP contribution in [0.15, 0.2) is 18.2 Å². The number of carbonyl (C=O) groups is 2. The smallest absolute Gasteiger partial charge is 0.471 e. The van der Waals surface area contributed by atoms with Crippen molar-refractivity contribution in [2.45, 2.75) is 12.6 Å². The van der Waals surface area contributed by atoms with Crippen LogP contribution in [0.3, 0.4) is 0 Å². The quantitative estimate of drug-likeness (QED) is 0.848. The predicted octanol–water partition coefficient (Wildman–Crippen LogP) is 1.00. The first kappa shape index (κ1) is 13.9. The summed E-state index contributed by atoms with van der Waals surface area (Å²) >= 11 is 0.